The first-order valence-electron chi connectivity index (χ1n) is 8.06. The SMILES string of the molecule is CCCOc1ccc(Br)cc1C(=O)Nc1ccc(C(=O)OCC)cc1. The lowest BCUT2D eigenvalue weighted by molar-refractivity contribution is 0.0526. The predicted molar refractivity (Wildman–Crippen MR) is 100 cm³/mol. The van der Waals surface area contributed by atoms with Crippen molar-refractivity contribution in [2.24, 2.45) is 0 Å². The van der Waals surface area contributed by atoms with Crippen molar-refractivity contribution < 1.29 is 19.1 Å². The van der Waals surface area contributed by atoms with Crippen LogP contribution < -0.4 is 10.1 Å². The summed E-state index contributed by atoms with van der Waals surface area (Å²) in [7, 11) is 0. The van der Waals surface area contributed by atoms with E-state index in [1.165, 1.54) is 0 Å². The number of hydrogen-bond acceptors (Lipinski definition) is 4. The van der Waals surface area contributed by atoms with Crippen LogP contribution in [0.4, 0.5) is 5.69 Å². The van der Waals surface area contributed by atoms with Gasteiger partial charge in [0.15, 0.2) is 0 Å². The van der Waals surface area contributed by atoms with Crippen LogP contribution in [-0.2, 0) is 4.74 Å². The minimum atomic E-state index is -0.386. The van der Waals surface area contributed by atoms with E-state index >= 15 is 0 Å². The van der Waals surface area contributed by atoms with Gasteiger partial charge in [0.2, 0.25) is 0 Å². The zero-order chi connectivity index (χ0) is 18.2. The maximum atomic E-state index is 12.6. The van der Waals surface area contributed by atoms with Gasteiger partial charge in [0.05, 0.1) is 24.3 Å². The Hall–Kier alpha value is -2.34. The summed E-state index contributed by atoms with van der Waals surface area (Å²) in [6, 6.07) is 11.9. The fourth-order valence-electron chi connectivity index (χ4n) is 2.12. The third kappa shape index (κ3) is 5.32. The second-order valence-electron chi connectivity index (χ2n) is 5.24. The number of halogens is 1. The zero-order valence-corrected chi connectivity index (χ0v) is 15.8. The summed E-state index contributed by atoms with van der Waals surface area (Å²) in [5, 5.41) is 2.81. The normalized spacial score (nSPS) is 10.2. The molecule has 0 aliphatic rings. The molecule has 0 aliphatic carbocycles. The number of amides is 1. The van der Waals surface area contributed by atoms with Crippen LogP contribution in [0, 0.1) is 0 Å². The van der Waals surface area contributed by atoms with E-state index in [-0.39, 0.29) is 11.9 Å². The van der Waals surface area contributed by atoms with E-state index in [2.05, 4.69) is 21.2 Å². The van der Waals surface area contributed by atoms with Gasteiger partial charge in [-0.25, -0.2) is 4.79 Å². The van der Waals surface area contributed by atoms with Crippen molar-refractivity contribution in [3.05, 3.63) is 58.1 Å². The summed E-state index contributed by atoms with van der Waals surface area (Å²) < 4.78 is 11.4. The van der Waals surface area contributed by atoms with Crippen LogP contribution in [0.25, 0.3) is 0 Å². The minimum Gasteiger partial charge on any atom is -0.493 e. The summed E-state index contributed by atoms with van der Waals surface area (Å²) in [4.78, 5) is 24.2. The molecule has 0 aromatic heterocycles. The highest BCUT2D eigenvalue weighted by atomic mass is 79.9. The van der Waals surface area contributed by atoms with Crippen LogP contribution in [0.2, 0.25) is 0 Å². The lowest BCUT2D eigenvalue weighted by atomic mass is 10.1. The molecule has 0 saturated carbocycles. The van der Waals surface area contributed by atoms with Crippen molar-refractivity contribution in [3.63, 3.8) is 0 Å². The van der Waals surface area contributed by atoms with Gasteiger partial charge in [-0.05, 0) is 55.8 Å². The molecular formula is C19H20BrNO4. The number of esters is 1. The largest absolute Gasteiger partial charge is 0.493 e. The molecule has 2 aromatic carbocycles. The van der Waals surface area contributed by atoms with E-state index in [0.717, 1.165) is 10.9 Å². The molecule has 0 spiro atoms. The summed E-state index contributed by atoms with van der Waals surface area (Å²) in [6.07, 6.45) is 0.854. The van der Waals surface area contributed by atoms with Gasteiger partial charge in [-0.2, -0.15) is 0 Å². The topological polar surface area (TPSA) is 64.6 Å². The van der Waals surface area contributed by atoms with Gasteiger partial charge in [0, 0.05) is 10.2 Å². The highest BCUT2D eigenvalue weighted by molar-refractivity contribution is 9.10. The monoisotopic (exact) mass is 405 g/mol. The van der Waals surface area contributed by atoms with Crippen LogP contribution in [0.1, 0.15) is 41.0 Å². The highest BCUT2D eigenvalue weighted by Gasteiger charge is 2.14. The fourth-order valence-corrected chi connectivity index (χ4v) is 2.48. The van der Waals surface area contributed by atoms with E-state index in [0.29, 0.717) is 35.8 Å². The van der Waals surface area contributed by atoms with Gasteiger partial charge in [-0.3, -0.25) is 4.79 Å². The lowest BCUT2D eigenvalue weighted by Gasteiger charge is -2.12. The Kier molecular flexibility index (Phi) is 7.01. The Labute approximate surface area is 155 Å². The molecule has 25 heavy (non-hydrogen) atoms. The first-order chi connectivity index (χ1) is 12.0. The average molecular weight is 406 g/mol. The van der Waals surface area contributed by atoms with Crippen molar-refractivity contribution in [2.45, 2.75) is 20.3 Å². The van der Waals surface area contributed by atoms with E-state index in [1.807, 2.05) is 13.0 Å². The Morgan fingerprint density at radius 3 is 2.44 bits per heavy atom. The number of carbonyl (C=O) groups excluding carboxylic acids is 2. The number of nitrogens with one attached hydrogen (secondary N) is 1. The third-order valence-electron chi connectivity index (χ3n) is 3.30. The maximum absolute atomic E-state index is 12.6. The summed E-state index contributed by atoms with van der Waals surface area (Å²) >= 11 is 3.37. The van der Waals surface area contributed by atoms with Crippen LogP contribution in [0.15, 0.2) is 46.9 Å². The standard InChI is InChI=1S/C19H20BrNO4/c1-3-11-25-17-10-7-14(20)12-16(17)18(22)21-15-8-5-13(6-9-15)19(23)24-4-2/h5-10,12H,3-4,11H2,1-2H3,(H,21,22). The molecule has 2 rings (SSSR count). The fraction of sp³-hybridized carbons (Fsp3) is 0.263. The van der Waals surface area contributed by atoms with Crippen LogP contribution in [0.3, 0.4) is 0 Å². The number of carbonyl (C=O) groups is 2. The summed E-state index contributed by atoms with van der Waals surface area (Å²) in [5.74, 6) is -0.135. The van der Waals surface area contributed by atoms with Crippen LogP contribution in [0.5, 0.6) is 5.75 Å². The molecule has 0 heterocycles. The number of benzene rings is 2. The van der Waals surface area contributed by atoms with Crippen molar-refractivity contribution in [1.82, 2.24) is 0 Å². The van der Waals surface area contributed by atoms with Crippen molar-refractivity contribution in [2.75, 3.05) is 18.5 Å². The van der Waals surface area contributed by atoms with Crippen molar-refractivity contribution in [3.8, 4) is 5.75 Å². The second-order valence-corrected chi connectivity index (χ2v) is 6.16. The van der Waals surface area contributed by atoms with E-state index < -0.39 is 0 Å². The molecule has 0 radical (unpaired) electrons. The molecule has 5 nitrogen and oxygen atoms in total. The number of hydrogen-bond donors (Lipinski definition) is 1. The zero-order valence-electron chi connectivity index (χ0n) is 14.2. The molecule has 0 unspecified atom stereocenters. The Bertz CT molecular complexity index is 744. The molecule has 0 atom stereocenters. The first-order valence-corrected chi connectivity index (χ1v) is 8.85. The molecule has 1 N–H and O–H groups in total. The summed E-state index contributed by atoms with van der Waals surface area (Å²) in [6.45, 7) is 4.61. The number of ether oxygens (including phenoxy) is 2. The van der Waals surface area contributed by atoms with Gasteiger partial charge >= 0.3 is 5.97 Å². The second kappa shape index (κ2) is 9.22. The molecule has 0 fully saturated rings. The quantitative estimate of drug-likeness (QED) is 0.679. The lowest BCUT2D eigenvalue weighted by Crippen LogP contribution is -2.14. The molecule has 1 amide bonds. The van der Waals surface area contributed by atoms with Gasteiger partial charge in [-0.15, -0.1) is 0 Å². The molecule has 0 bridgehead atoms. The maximum Gasteiger partial charge on any atom is 0.338 e. The predicted octanol–water partition coefficient (Wildman–Crippen LogP) is 4.67. The van der Waals surface area contributed by atoms with E-state index in [1.54, 1.807) is 43.3 Å². The van der Waals surface area contributed by atoms with Crippen molar-refractivity contribution >= 4 is 33.5 Å². The van der Waals surface area contributed by atoms with Gasteiger partial charge in [-0.1, -0.05) is 22.9 Å². The van der Waals surface area contributed by atoms with Gasteiger partial charge in [0.1, 0.15) is 5.75 Å². The first kappa shape index (κ1) is 19.0. The highest BCUT2D eigenvalue weighted by Crippen LogP contribution is 2.24. The van der Waals surface area contributed by atoms with Gasteiger partial charge in [0.25, 0.3) is 5.91 Å². The summed E-state index contributed by atoms with van der Waals surface area (Å²) in [5.41, 5.74) is 1.46. The van der Waals surface area contributed by atoms with Crippen LogP contribution in [-0.4, -0.2) is 25.1 Å². The minimum absolute atomic E-state index is 0.281. The number of anilines is 1. The average Bonchev–Trinajstić information content (AvgIpc) is 2.61. The molecule has 0 aliphatic heterocycles. The molecule has 2 aromatic rings. The Balaban J connectivity index is 2.14. The third-order valence-corrected chi connectivity index (χ3v) is 3.80. The Morgan fingerprint density at radius 1 is 1.08 bits per heavy atom. The number of rotatable bonds is 7. The van der Waals surface area contributed by atoms with Gasteiger partial charge < -0.3 is 14.8 Å². The Morgan fingerprint density at radius 2 is 1.80 bits per heavy atom. The molecule has 132 valence electrons. The van der Waals surface area contributed by atoms with Crippen LogP contribution >= 0.6 is 15.9 Å². The van der Waals surface area contributed by atoms with Crippen molar-refractivity contribution in [1.29, 1.82) is 0 Å². The van der Waals surface area contributed by atoms with E-state index in [4.69, 9.17) is 9.47 Å². The van der Waals surface area contributed by atoms with E-state index in [9.17, 15) is 9.59 Å². The molecular weight excluding hydrogens is 386 g/mol. The molecule has 0 saturated heterocycles. The smallest absolute Gasteiger partial charge is 0.338 e. The molecule has 6 heteroatoms.